The zero-order valence-corrected chi connectivity index (χ0v) is 10.3. The summed E-state index contributed by atoms with van der Waals surface area (Å²) in [6.45, 7) is 2.37. The lowest BCUT2D eigenvalue weighted by atomic mass is 10.3. The van der Waals surface area contributed by atoms with Gasteiger partial charge < -0.3 is 5.32 Å². The lowest BCUT2D eigenvalue weighted by Gasteiger charge is -2.25. The third kappa shape index (κ3) is 2.96. The second kappa shape index (κ2) is 5.89. The summed E-state index contributed by atoms with van der Waals surface area (Å²) >= 11 is 0. The Labute approximate surface area is 101 Å². The molecule has 5 nitrogen and oxygen atoms in total. The molecule has 5 heteroatoms. The Morgan fingerprint density at radius 2 is 1.82 bits per heavy atom. The van der Waals surface area contributed by atoms with E-state index in [0.717, 1.165) is 10.6 Å². The first-order valence-electron chi connectivity index (χ1n) is 5.43. The van der Waals surface area contributed by atoms with E-state index in [1.807, 2.05) is 37.3 Å². The molecular formula is C12H17N3O2. The maximum atomic E-state index is 12.1. The Morgan fingerprint density at radius 3 is 2.29 bits per heavy atom. The van der Waals surface area contributed by atoms with Crippen LogP contribution in [0.15, 0.2) is 30.3 Å². The smallest absolute Gasteiger partial charge is 0.332 e. The van der Waals surface area contributed by atoms with Crippen molar-refractivity contribution in [3.63, 3.8) is 0 Å². The van der Waals surface area contributed by atoms with Crippen molar-refractivity contribution in [2.45, 2.75) is 6.92 Å². The maximum Gasteiger partial charge on any atom is 0.332 e. The van der Waals surface area contributed by atoms with Gasteiger partial charge in [-0.3, -0.25) is 4.90 Å². The van der Waals surface area contributed by atoms with Crippen molar-refractivity contribution in [2.24, 2.45) is 0 Å². The molecule has 17 heavy (non-hydrogen) atoms. The minimum atomic E-state index is -0.426. The van der Waals surface area contributed by atoms with Gasteiger partial charge in [-0.05, 0) is 19.1 Å². The second-order valence-corrected chi connectivity index (χ2v) is 3.48. The van der Waals surface area contributed by atoms with Crippen LogP contribution < -0.4 is 10.2 Å². The van der Waals surface area contributed by atoms with E-state index in [1.165, 1.54) is 19.0 Å². The molecule has 1 aromatic rings. The Kier molecular flexibility index (Phi) is 4.51. The van der Waals surface area contributed by atoms with Crippen molar-refractivity contribution in [1.82, 2.24) is 10.2 Å². The van der Waals surface area contributed by atoms with E-state index in [4.69, 9.17) is 0 Å². The highest BCUT2D eigenvalue weighted by Gasteiger charge is 2.21. The number of anilines is 1. The Balaban J connectivity index is 2.89. The van der Waals surface area contributed by atoms with Gasteiger partial charge in [0.05, 0.1) is 0 Å². The van der Waals surface area contributed by atoms with E-state index >= 15 is 0 Å². The molecule has 0 aromatic heterocycles. The Hall–Kier alpha value is -2.04. The number of amides is 4. The molecule has 92 valence electrons. The Morgan fingerprint density at radius 1 is 1.24 bits per heavy atom. The molecule has 1 N–H and O–H groups in total. The highest BCUT2D eigenvalue weighted by atomic mass is 16.2. The van der Waals surface area contributed by atoms with Gasteiger partial charge in [0, 0.05) is 26.3 Å². The maximum absolute atomic E-state index is 12.1. The van der Waals surface area contributed by atoms with Crippen LogP contribution in [0.1, 0.15) is 6.92 Å². The van der Waals surface area contributed by atoms with Gasteiger partial charge in [-0.1, -0.05) is 18.2 Å². The first-order valence-corrected chi connectivity index (χ1v) is 5.43. The van der Waals surface area contributed by atoms with Gasteiger partial charge in [0.15, 0.2) is 0 Å². The third-order valence-electron chi connectivity index (χ3n) is 2.42. The van der Waals surface area contributed by atoms with Gasteiger partial charge in [0.25, 0.3) is 0 Å². The van der Waals surface area contributed by atoms with E-state index in [0.29, 0.717) is 6.54 Å². The second-order valence-electron chi connectivity index (χ2n) is 3.48. The van der Waals surface area contributed by atoms with E-state index in [1.54, 1.807) is 0 Å². The molecule has 0 aliphatic rings. The number of benzene rings is 1. The van der Waals surface area contributed by atoms with Crippen molar-refractivity contribution in [1.29, 1.82) is 0 Å². The summed E-state index contributed by atoms with van der Waals surface area (Å²) in [6, 6.07) is 8.47. The van der Waals surface area contributed by atoms with Crippen LogP contribution in [0.4, 0.5) is 15.3 Å². The fourth-order valence-corrected chi connectivity index (χ4v) is 1.47. The minimum absolute atomic E-state index is 0.349. The van der Waals surface area contributed by atoms with Crippen molar-refractivity contribution >= 4 is 17.7 Å². The molecule has 0 spiro atoms. The molecule has 0 aliphatic carbocycles. The number of hydrogen-bond acceptors (Lipinski definition) is 2. The molecule has 1 aromatic carbocycles. The zero-order chi connectivity index (χ0) is 12.8. The first-order chi connectivity index (χ1) is 8.11. The number of carbonyl (C=O) groups excluding carboxylic acids is 2. The number of para-hydroxylation sites is 1. The molecule has 0 unspecified atom stereocenters. The minimum Gasteiger partial charge on any atom is -0.341 e. The quantitative estimate of drug-likeness (QED) is 0.851. The summed E-state index contributed by atoms with van der Waals surface area (Å²) < 4.78 is 0. The Bertz CT molecular complexity index is 392. The van der Waals surface area contributed by atoms with Crippen LogP contribution in [-0.2, 0) is 0 Å². The summed E-state index contributed by atoms with van der Waals surface area (Å²) in [5.74, 6) is 0. The van der Waals surface area contributed by atoms with Crippen molar-refractivity contribution < 1.29 is 9.59 Å². The topological polar surface area (TPSA) is 52.7 Å². The number of nitrogens with zero attached hydrogens (tertiary/aromatic N) is 2. The summed E-state index contributed by atoms with van der Waals surface area (Å²) in [5, 5.41) is 2.42. The predicted octanol–water partition coefficient (Wildman–Crippen LogP) is 1.90. The average molecular weight is 235 g/mol. The van der Waals surface area contributed by atoms with E-state index in [9.17, 15) is 9.59 Å². The predicted molar refractivity (Wildman–Crippen MR) is 67.1 cm³/mol. The molecule has 0 atom stereocenters. The van der Waals surface area contributed by atoms with Crippen molar-refractivity contribution in [3.8, 4) is 0 Å². The van der Waals surface area contributed by atoms with Gasteiger partial charge in [-0.15, -0.1) is 0 Å². The first kappa shape index (κ1) is 13.0. The van der Waals surface area contributed by atoms with Gasteiger partial charge in [0.2, 0.25) is 0 Å². The molecule has 0 radical (unpaired) electrons. The third-order valence-corrected chi connectivity index (χ3v) is 2.42. The summed E-state index contributed by atoms with van der Waals surface area (Å²) in [6.07, 6.45) is 0. The van der Waals surface area contributed by atoms with Crippen LogP contribution >= 0.6 is 0 Å². The van der Waals surface area contributed by atoms with Crippen molar-refractivity contribution in [2.75, 3.05) is 25.5 Å². The van der Waals surface area contributed by atoms with Gasteiger partial charge in [0.1, 0.15) is 0 Å². The van der Waals surface area contributed by atoms with Gasteiger partial charge in [-0.25, -0.2) is 14.5 Å². The normalized spacial score (nSPS) is 9.59. The lowest BCUT2D eigenvalue weighted by molar-refractivity contribution is 0.200. The number of hydrogen-bond donors (Lipinski definition) is 1. The van der Waals surface area contributed by atoms with Crippen LogP contribution in [0, 0.1) is 0 Å². The number of rotatable bonds is 2. The largest absolute Gasteiger partial charge is 0.341 e. The SMILES string of the molecule is CCN(C(=O)N(C)C(=O)NC)c1ccccc1. The van der Waals surface area contributed by atoms with Crippen LogP contribution in [0.25, 0.3) is 0 Å². The number of imide groups is 1. The van der Waals surface area contributed by atoms with E-state index < -0.39 is 6.03 Å². The van der Waals surface area contributed by atoms with Crippen LogP contribution in [-0.4, -0.2) is 37.6 Å². The fraction of sp³-hybridized carbons (Fsp3) is 0.333. The van der Waals surface area contributed by atoms with E-state index in [-0.39, 0.29) is 6.03 Å². The number of carbonyl (C=O) groups is 2. The summed E-state index contributed by atoms with van der Waals surface area (Å²) in [7, 11) is 2.94. The van der Waals surface area contributed by atoms with Crippen molar-refractivity contribution in [3.05, 3.63) is 30.3 Å². The van der Waals surface area contributed by atoms with Crippen LogP contribution in [0.3, 0.4) is 0 Å². The molecule has 0 saturated heterocycles. The average Bonchev–Trinajstić information content (AvgIpc) is 2.38. The summed E-state index contributed by atoms with van der Waals surface area (Å²) in [4.78, 5) is 26.0. The fourth-order valence-electron chi connectivity index (χ4n) is 1.47. The van der Waals surface area contributed by atoms with Crippen LogP contribution in [0.5, 0.6) is 0 Å². The molecular weight excluding hydrogens is 218 g/mol. The molecule has 0 saturated carbocycles. The van der Waals surface area contributed by atoms with Crippen LogP contribution in [0.2, 0.25) is 0 Å². The summed E-state index contributed by atoms with van der Waals surface area (Å²) in [5.41, 5.74) is 0.774. The highest BCUT2D eigenvalue weighted by Crippen LogP contribution is 2.14. The van der Waals surface area contributed by atoms with Gasteiger partial charge >= 0.3 is 12.1 Å². The molecule has 1 rings (SSSR count). The highest BCUT2D eigenvalue weighted by molar-refractivity contribution is 6.01. The molecule has 0 heterocycles. The van der Waals surface area contributed by atoms with Gasteiger partial charge in [-0.2, -0.15) is 0 Å². The molecule has 0 bridgehead atoms. The lowest BCUT2D eigenvalue weighted by Crippen LogP contribution is -2.47. The molecule has 0 aliphatic heterocycles. The monoisotopic (exact) mass is 235 g/mol. The molecule has 0 fully saturated rings. The zero-order valence-electron chi connectivity index (χ0n) is 10.3. The standard InChI is InChI=1S/C12H17N3O2/c1-4-15(10-8-6-5-7-9-10)12(17)14(3)11(16)13-2/h5-9H,4H2,1-3H3,(H,13,16). The molecule has 4 amide bonds. The van der Waals surface area contributed by atoms with E-state index in [2.05, 4.69) is 5.32 Å². The number of nitrogens with one attached hydrogen (secondary N) is 1. The number of urea groups is 2.